The highest BCUT2D eigenvalue weighted by Crippen LogP contribution is 2.35. The van der Waals surface area contributed by atoms with Crippen LogP contribution in [0, 0.1) is 10.1 Å². The third kappa shape index (κ3) is 3.62. The molecule has 0 saturated carbocycles. The molecule has 19 heavy (non-hydrogen) atoms. The molecule has 5 nitrogen and oxygen atoms in total. The van der Waals surface area contributed by atoms with Gasteiger partial charge in [0.1, 0.15) is 0 Å². The van der Waals surface area contributed by atoms with Crippen LogP contribution in [-0.4, -0.2) is 36.0 Å². The fourth-order valence-electron chi connectivity index (χ4n) is 2.35. The number of piperazine rings is 1. The van der Waals surface area contributed by atoms with E-state index in [1.54, 1.807) is 6.07 Å². The van der Waals surface area contributed by atoms with Crippen molar-refractivity contribution in [2.24, 2.45) is 0 Å². The molecule has 1 N–H and O–H groups in total. The average Bonchev–Trinajstić information content (AvgIpc) is 2.86. The molecular formula is C13H19N3O2S. The maximum absolute atomic E-state index is 10.8. The first-order valence-corrected chi connectivity index (χ1v) is 7.23. The Morgan fingerprint density at radius 3 is 2.79 bits per heavy atom. The molecule has 0 spiro atoms. The highest BCUT2D eigenvalue weighted by Gasteiger charge is 2.25. The van der Waals surface area contributed by atoms with Gasteiger partial charge < -0.3 is 5.32 Å². The number of rotatable bonds is 5. The Balaban J connectivity index is 2.19. The van der Waals surface area contributed by atoms with Crippen LogP contribution in [0.4, 0.5) is 5.00 Å². The molecule has 1 fully saturated rings. The van der Waals surface area contributed by atoms with Gasteiger partial charge in [-0.25, -0.2) is 0 Å². The average molecular weight is 281 g/mol. The van der Waals surface area contributed by atoms with E-state index >= 15 is 0 Å². The Morgan fingerprint density at radius 1 is 1.58 bits per heavy atom. The van der Waals surface area contributed by atoms with E-state index < -0.39 is 0 Å². The lowest BCUT2D eigenvalue weighted by molar-refractivity contribution is -0.380. The van der Waals surface area contributed by atoms with Gasteiger partial charge >= 0.3 is 5.00 Å². The van der Waals surface area contributed by atoms with Gasteiger partial charge in [-0.05, 0) is 19.4 Å². The maximum atomic E-state index is 10.8. The smallest absolute Gasteiger partial charge is 0.314 e. The maximum Gasteiger partial charge on any atom is 0.324 e. The molecule has 2 heterocycles. The summed E-state index contributed by atoms with van der Waals surface area (Å²) in [5, 5.41) is 14.4. The Labute approximate surface area is 117 Å². The van der Waals surface area contributed by atoms with Crippen molar-refractivity contribution in [1.29, 1.82) is 0 Å². The third-order valence-electron chi connectivity index (χ3n) is 3.26. The zero-order chi connectivity index (χ0) is 13.8. The Hall–Kier alpha value is -1.24. The Bertz CT molecular complexity index is 466. The molecule has 0 radical (unpaired) electrons. The van der Waals surface area contributed by atoms with E-state index in [0.29, 0.717) is 0 Å². The highest BCUT2D eigenvalue weighted by molar-refractivity contribution is 7.15. The standard InChI is InChI=1S/C13H19N3O2S/c1-10(2)9-11(15-7-5-14-6-8-15)12-3-4-13(19-12)16(17)18/h3-4,11,14H,1,5-9H2,2H3/t11-/m1/s1. The Morgan fingerprint density at radius 2 is 2.26 bits per heavy atom. The van der Waals surface area contributed by atoms with Gasteiger partial charge in [0.2, 0.25) is 0 Å². The van der Waals surface area contributed by atoms with Gasteiger partial charge in [-0.1, -0.05) is 16.9 Å². The zero-order valence-corrected chi connectivity index (χ0v) is 11.9. The van der Waals surface area contributed by atoms with Crippen molar-refractivity contribution in [3.05, 3.63) is 39.3 Å². The van der Waals surface area contributed by atoms with E-state index in [-0.39, 0.29) is 16.0 Å². The molecule has 0 bridgehead atoms. The van der Waals surface area contributed by atoms with Crippen LogP contribution in [0.15, 0.2) is 24.3 Å². The lowest BCUT2D eigenvalue weighted by atomic mass is 10.0. The highest BCUT2D eigenvalue weighted by atomic mass is 32.1. The van der Waals surface area contributed by atoms with E-state index in [0.717, 1.165) is 43.1 Å². The van der Waals surface area contributed by atoms with Crippen molar-refractivity contribution in [3.8, 4) is 0 Å². The van der Waals surface area contributed by atoms with E-state index in [9.17, 15) is 10.1 Å². The predicted octanol–water partition coefficient (Wildman–Crippen LogP) is 2.57. The molecular weight excluding hydrogens is 262 g/mol. The lowest BCUT2D eigenvalue weighted by Crippen LogP contribution is -2.45. The second-order valence-electron chi connectivity index (χ2n) is 4.90. The van der Waals surface area contributed by atoms with Gasteiger partial charge in [0, 0.05) is 43.2 Å². The summed E-state index contributed by atoms with van der Waals surface area (Å²) in [4.78, 5) is 14.0. The van der Waals surface area contributed by atoms with Crippen molar-refractivity contribution in [2.75, 3.05) is 26.2 Å². The van der Waals surface area contributed by atoms with E-state index in [2.05, 4.69) is 16.8 Å². The molecule has 1 atom stereocenters. The first-order chi connectivity index (χ1) is 9.08. The van der Waals surface area contributed by atoms with Crippen LogP contribution in [0.1, 0.15) is 24.3 Å². The summed E-state index contributed by atoms with van der Waals surface area (Å²) in [7, 11) is 0. The summed E-state index contributed by atoms with van der Waals surface area (Å²) in [6, 6.07) is 3.71. The van der Waals surface area contributed by atoms with Crippen molar-refractivity contribution in [1.82, 2.24) is 10.2 Å². The minimum absolute atomic E-state index is 0.219. The first kappa shape index (κ1) is 14.2. The minimum Gasteiger partial charge on any atom is -0.314 e. The zero-order valence-electron chi connectivity index (χ0n) is 11.1. The summed E-state index contributed by atoms with van der Waals surface area (Å²) in [6.45, 7) is 9.89. The van der Waals surface area contributed by atoms with Crippen molar-refractivity contribution in [3.63, 3.8) is 0 Å². The fraction of sp³-hybridized carbons (Fsp3) is 0.538. The summed E-state index contributed by atoms with van der Waals surface area (Å²) in [5.74, 6) is 0. The second-order valence-corrected chi connectivity index (χ2v) is 5.99. The van der Waals surface area contributed by atoms with Crippen molar-refractivity contribution >= 4 is 16.3 Å². The van der Waals surface area contributed by atoms with Gasteiger partial charge in [-0.15, -0.1) is 6.58 Å². The molecule has 1 aromatic rings. The third-order valence-corrected chi connectivity index (χ3v) is 4.39. The number of thiophene rings is 1. The van der Waals surface area contributed by atoms with Crippen LogP contribution in [0.2, 0.25) is 0 Å². The predicted molar refractivity (Wildman–Crippen MR) is 77.6 cm³/mol. The SMILES string of the molecule is C=C(C)C[C@H](c1ccc([N+](=O)[O-])s1)N1CCNCC1. The molecule has 1 aromatic heterocycles. The topological polar surface area (TPSA) is 58.4 Å². The Kier molecular flexibility index (Phi) is 4.68. The molecule has 2 rings (SSSR count). The van der Waals surface area contributed by atoms with Crippen LogP contribution in [0.3, 0.4) is 0 Å². The summed E-state index contributed by atoms with van der Waals surface area (Å²) in [5.41, 5.74) is 1.11. The monoisotopic (exact) mass is 281 g/mol. The fourth-order valence-corrected chi connectivity index (χ4v) is 3.31. The number of hydrogen-bond donors (Lipinski definition) is 1. The number of hydrogen-bond acceptors (Lipinski definition) is 5. The van der Waals surface area contributed by atoms with Crippen LogP contribution in [-0.2, 0) is 0 Å². The lowest BCUT2D eigenvalue weighted by Gasteiger charge is -2.34. The molecule has 0 amide bonds. The molecule has 0 unspecified atom stereocenters. The van der Waals surface area contributed by atoms with Gasteiger partial charge in [0.25, 0.3) is 0 Å². The van der Waals surface area contributed by atoms with Gasteiger partial charge in [0.15, 0.2) is 0 Å². The van der Waals surface area contributed by atoms with E-state index in [4.69, 9.17) is 0 Å². The number of nitro groups is 1. The molecule has 104 valence electrons. The number of nitrogens with one attached hydrogen (secondary N) is 1. The van der Waals surface area contributed by atoms with E-state index in [1.807, 2.05) is 13.0 Å². The molecule has 1 saturated heterocycles. The summed E-state index contributed by atoms with van der Waals surface area (Å²) in [6.07, 6.45) is 0.859. The van der Waals surface area contributed by atoms with Crippen LogP contribution in [0.25, 0.3) is 0 Å². The minimum atomic E-state index is -0.316. The summed E-state index contributed by atoms with van der Waals surface area (Å²) < 4.78 is 0. The van der Waals surface area contributed by atoms with Crippen molar-refractivity contribution < 1.29 is 4.92 Å². The molecule has 0 aromatic carbocycles. The van der Waals surface area contributed by atoms with Crippen LogP contribution < -0.4 is 5.32 Å². The van der Waals surface area contributed by atoms with Crippen molar-refractivity contribution in [2.45, 2.75) is 19.4 Å². The van der Waals surface area contributed by atoms with Gasteiger partial charge in [-0.3, -0.25) is 15.0 Å². The van der Waals surface area contributed by atoms with E-state index in [1.165, 1.54) is 11.3 Å². The second kappa shape index (κ2) is 6.27. The first-order valence-electron chi connectivity index (χ1n) is 6.41. The normalized spacial score (nSPS) is 18.2. The molecule has 1 aliphatic rings. The molecule has 6 heteroatoms. The van der Waals surface area contributed by atoms with Gasteiger partial charge in [-0.2, -0.15) is 0 Å². The quantitative estimate of drug-likeness (QED) is 0.512. The molecule has 0 aliphatic carbocycles. The molecule has 1 aliphatic heterocycles. The van der Waals surface area contributed by atoms with Crippen LogP contribution >= 0.6 is 11.3 Å². The van der Waals surface area contributed by atoms with Crippen LogP contribution in [0.5, 0.6) is 0 Å². The number of nitrogens with zero attached hydrogens (tertiary/aromatic N) is 2. The largest absolute Gasteiger partial charge is 0.324 e. The summed E-state index contributed by atoms with van der Waals surface area (Å²) >= 11 is 1.28. The van der Waals surface area contributed by atoms with Gasteiger partial charge in [0.05, 0.1) is 4.92 Å².